The lowest BCUT2D eigenvalue weighted by molar-refractivity contribution is -0.121. The van der Waals surface area contributed by atoms with Gasteiger partial charge in [-0.15, -0.1) is 0 Å². The predicted molar refractivity (Wildman–Crippen MR) is 191 cm³/mol. The number of primary amides is 1. The maximum Gasteiger partial charge on any atom is 0.329 e. The Hall–Kier alpha value is -5.84. The molecular weight excluding hydrogens is 608 g/mol. The zero-order chi connectivity index (χ0) is 35.0. The molecule has 11 heteroatoms. The Morgan fingerprint density at radius 1 is 0.604 bits per heavy atom. The molecule has 0 aliphatic carbocycles. The molecule has 0 bridgehead atoms. The summed E-state index contributed by atoms with van der Waals surface area (Å²) in [6.07, 6.45) is 0. The number of urea groups is 1. The summed E-state index contributed by atoms with van der Waals surface area (Å²) in [5, 5.41) is 0. The molecule has 0 atom stereocenters. The van der Waals surface area contributed by atoms with Crippen molar-refractivity contribution in [2.45, 2.75) is 13.8 Å². The highest BCUT2D eigenvalue weighted by Crippen LogP contribution is 2.30. The van der Waals surface area contributed by atoms with Gasteiger partial charge < -0.3 is 20.3 Å². The number of rotatable bonds is 12. The minimum absolute atomic E-state index is 0.182. The fraction of sp³-hybridized carbons (Fsp3) is 0.243. The van der Waals surface area contributed by atoms with Crippen LogP contribution in [-0.2, 0) is 14.4 Å². The largest absolute Gasteiger partial charge is 0.482 e. The highest BCUT2D eigenvalue weighted by molar-refractivity contribution is 6.11. The van der Waals surface area contributed by atoms with E-state index >= 15 is 0 Å². The van der Waals surface area contributed by atoms with E-state index in [2.05, 4.69) is 0 Å². The molecule has 4 aromatic rings. The molecule has 0 heterocycles. The highest BCUT2D eigenvalue weighted by atomic mass is 16.5. The van der Waals surface area contributed by atoms with Gasteiger partial charge in [0.05, 0.1) is 5.69 Å². The topological polar surface area (TPSA) is 120 Å². The lowest BCUT2D eigenvalue weighted by Gasteiger charge is -2.32. The quantitative estimate of drug-likeness (QED) is 0.231. The van der Waals surface area contributed by atoms with E-state index in [1.54, 1.807) is 50.5 Å². The van der Waals surface area contributed by atoms with Gasteiger partial charge in [-0.25, -0.2) is 4.79 Å². The summed E-state index contributed by atoms with van der Waals surface area (Å²) in [5.41, 5.74) is 10.1. The van der Waals surface area contributed by atoms with E-state index in [4.69, 9.17) is 10.5 Å². The molecule has 0 spiro atoms. The van der Waals surface area contributed by atoms with Crippen molar-refractivity contribution in [2.24, 2.45) is 5.73 Å². The fourth-order valence-corrected chi connectivity index (χ4v) is 5.16. The number of nitrogens with zero attached hydrogens (tertiary/aromatic N) is 5. The number of para-hydroxylation sites is 3. The van der Waals surface area contributed by atoms with Crippen molar-refractivity contribution in [2.75, 3.05) is 72.4 Å². The van der Waals surface area contributed by atoms with Crippen LogP contribution in [0.4, 0.5) is 33.2 Å². The molecule has 48 heavy (non-hydrogen) atoms. The molecule has 4 rings (SSSR count). The summed E-state index contributed by atoms with van der Waals surface area (Å²) in [4.78, 5) is 61.6. The molecule has 0 saturated heterocycles. The fourth-order valence-electron chi connectivity index (χ4n) is 5.16. The molecule has 0 saturated carbocycles. The number of amides is 5. The van der Waals surface area contributed by atoms with E-state index in [1.807, 2.05) is 93.5 Å². The number of likely N-dealkylation sites (N-methyl/N-ethyl adjacent to an activating group) is 1. The number of nitrogens with two attached hydrogens (primary N) is 1. The van der Waals surface area contributed by atoms with Gasteiger partial charge in [0.15, 0.2) is 6.61 Å². The average Bonchev–Trinajstić information content (AvgIpc) is 3.07. The number of hydrogen-bond acceptors (Lipinski definition) is 6. The van der Waals surface area contributed by atoms with E-state index in [0.717, 1.165) is 16.8 Å². The van der Waals surface area contributed by atoms with Crippen molar-refractivity contribution in [3.8, 4) is 5.75 Å². The third kappa shape index (κ3) is 8.69. The first-order valence-corrected chi connectivity index (χ1v) is 15.4. The molecule has 250 valence electrons. The van der Waals surface area contributed by atoms with Gasteiger partial charge in [-0.3, -0.25) is 29.1 Å². The van der Waals surface area contributed by atoms with Gasteiger partial charge >= 0.3 is 6.03 Å². The third-order valence-electron chi connectivity index (χ3n) is 7.70. The van der Waals surface area contributed by atoms with Crippen LogP contribution in [0.1, 0.15) is 11.1 Å². The summed E-state index contributed by atoms with van der Waals surface area (Å²) in [7, 11) is 7.10. The number of carbonyl (C=O) groups excluding carboxylic acids is 4. The lowest BCUT2D eigenvalue weighted by Crippen LogP contribution is -2.50. The van der Waals surface area contributed by atoms with Gasteiger partial charge in [0, 0.05) is 50.9 Å². The van der Waals surface area contributed by atoms with Crippen LogP contribution < -0.4 is 35.0 Å². The molecule has 11 nitrogen and oxygen atoms in total. The molecule has 4 aromatic carbocycles. The minimum Gasteiger partial charge on any atom is -0.482 e. The smallest absolute Gasteiger partial charge is 0.329 e. The molecule has 0 radical (unpaired) electrons. The second kappa shape index (κ2) is 15.6. The summed E-state index contributed by atoms with van der Waals surface area (Å²) in [6.45, 7) is 2.62. The summed E-state index contributed by atoms with van der Waals surface area (Å²) in [5.74, 6) is -1.46. The Kier molecular flexibility index (Phi) is 11.4. The first kappa shape index (κ1) is 35.0. The number of ether oxygens (including phenoxy) is 1. The van der Waals surface area contributed by atoms with Crippen molar-refractivity contribution >= 4 is 52.2 Å². The van der Waals surface area contributed by atoms with E-state index in [-0.39, 0.29) is 23.9 Å². The Morgan fingerprint density at radius 2 is 1.19 bits per heavy atom. The Bertz CT molecular complexity index is 1760. The Balaban J connectivity index is 1.76. The third-order valence-corrected chi connectivity index (χ3v) is 7.70. The van der Waals surface area contributed by atoms with E-state index in [0.29, 0.717) is 17.1 Å². The van der Waals surface area contributed by atoms with Gasteiger partial charge in [0.25, 0.3) is 5.91 Å². The second-order valence-corrected chi connectivity index (χ2v) is 11.7. The summed E-state index contributed by atoms with van der Waals surface area (Å²) < 4.78 is 5.67. The van der Waals surface area contributed by atoms with Crippen LogP contribution in [-0.4, -0.2) is 71.6 Å². The van der Waals surface area contributed by atoms with Gasteiger partial charge in [0.2, 0.25) is 11.8 Å². The second-order valence-electron chi connectivity index (χ2n) is 11.7. The van der Waals surface area contributed by atoms with E-state index < -0.39 is 31.0 Å². The van der Waals surface area contributed by atoms with Crippen molar-refractivity contribution in [1.82, 2.24) is 0 Å². The van der Waals surface area contributed by atoms with Gasteiger partial charge in [-0.2, -0.15) is 0 Å². The first-order chi connectivity index (χ1) is 22.8. The SMILES string of the molecule is Cc1cc(C)cc(N(CC(=O)N(CC(=O)N(C)c2ccccc2)c2ccccc2OCC(N)=O)C(=O)N(C)c2cccc(N(C)C)c2)c1. The minimum atomic E-state index is -0.699. The van der Waals surface area contributed by atoms with Crippen LogP contribution in [0.3, 0.4) is 0 Å². The van der Waals surface area contributed by atoms with Crippen molar-refractivity contribution < 1.29 is 23.9 Å². The van der Waals surface area contributed by atoms with Crippen molar-refractivity contribution in [1.29, 1.82) is 0 Å². The predicted octanol–water partition coefficient (Wildman–Crippen LogP) is 4.99. The van der Waals surface area contributed by atoms with Gasteiger partial charge in [-0.1, -0.05) is 42.5 Å². The van der Waals surface area contributed by atoms with Crippen LogP contribution in [0.15, 0.2) is 97.1 Å². The zero-order valence-electron chi connectivity index (χ0n) is 28.2. The average molecular weight is 651 g/mol. The number of benzene rings is 4. The van der Waals surface area contributed by atoms with Gasteiger partial charge in [0.1, 0.15) is 18.8 Å². The van der Waals surface area contributed by atoms with Crippen LogP contribution in [0.5, 0.6) is 5.75 Å². The number of anilines is 5. The standard InChI is InChI=1S/C37H42N6O5/c1-26-19-27(2)21-31(20-26)42(37(47)41(6)30-16-12-15-29(22-30)39(3)4)24-36(46)43(23-35(45)40(5)28-13-8-7-9-14-28)32-17-10-11-18-33(32)48-25-34(38)44/h7-22H,23-25H2,1-6H3,(H2,38,44). The highest BCUT2D eigenvalue weighted by Gasteiger charge is 2.30. The Labute approximate surface area is 281 Å². The Morgan fingerprint density at radius 3 is 1.83 bits per heavy atom. The van der Waals surface area contributed by atoms with E-state index in [1.165, 1.54) is 19.6 Å². The molecule has 0 aliphatic heterocycles. The lowest BCUT2D eigenvalue weighted by atomic mass is 10.1. The number of hydrogen-bond donors (Lipinski definition) is 1. The van der Waals surface area contributed by atoms with Crippen LogP contribution in [0, 0.1) is 13.8 Å². The van der Waals surface area contributed by atoms with Crippen LogP contribution in [0.25, 0.3) is 0 Å². The van der Waals surface area contributed by atoms with Crippen LogP contribution in [0.2, 0.25) is 0 Å². The molecule has 5 amide bonds. The zero-order valence-corrected chi connectivity index (χ0v) is 28.2. The number of aryl methyl sites for hydroxylation is 2. The maximum atomic E-state index is 14.5. The maximum absolute atomic E-state index is 14.5. The molecule has 0 aliphatic rings. The molecule has 0 aromatic heterocycles. The molecule has 0 fully saturated rings. The normalized spacial score (nSPS) is 10.5. The van der Waals surface area contributed by atoms with E-state index in [9.17, 15) is 19.2 Å². The van der Waals surface area contributed by atoms with Crippen molar-refractivity contribution in [3.05, 3.63) is 108 Å². The first-order valence-electron chi connectivity index (χ1n) is 15.4. The molecule has 2 N–H and O–H groups in total. The summed E-state index contributed by atoms with van der Waals surface area (Å²) >= 11 is 0. The molecular formula is C37H42N6O5. The number of carbonyl (C=O) groups is 4. The van der Waals surface area contributed by atoms with Gasteiger partial charge in [-0.05, 0) is 79.6 Å². The molecule has 0 unspecified atom stereocenters. The van der Waals surface area contributed by atoms with Crippen LogP contribution >= 0.6 is 0 Å². The summed E-state index contributed by atoms with van der Waals surface area (Å²) in [6, 6.07) is 28.3. The monoisotopic (exact) mass is 650 g/mol. The van der Waals surface area contributed by atoms with Crippen molar-refractivity contribution in [3.63, 3.8) is 0 Å².